The molecule has 2 heterocycles. The van der Waals surface area contributed by atoms with Gasteiger partial charge in [0.15, 0.2) is 0 Å². The van der Waals surface area contributed by atoms with E-state index in [1.165, 1.54) is 0 Å². The summed E-state index contributed by atoms with van der Waals surface area (Å²) in [6.45, 7) is 3.33. The number of carbonyl (C=O) groups excluding carboxylic acids is 1. The molecule has 1 N–H and O–H groups in total. The Hall–Kier alpha value is -1.91. The lowest BCUT2D eigenvalue weighted by Crippen LogP contribution is -2.35. The second-order valence-corrected chi connectivity index (χ2v) is 6.35. The molecule has 1 aliphatic rings. The van der Waals surface area contributed by atoms with Crippen LogP contribution < -0.4 is 5.32 Å². The van der Waals surface area contributed by atoms with E-state index in [4.69, 9.17) is 11.6 Å². The summed E-state index contributed by atoms with van der Waals surface area (Å²) in [5.74, 6) is 0.542. The van der Waals surface area contributed by atoms with Crippen LogP contribution in [0.1, 0.15) is 22.3 Å². The van der Waals surface area contributed by atoms with Crippen molar-refractivity contribution in [2.24, 2.45) is 5.92 Å². The Morgan fingerprint density at radius 3 is 2.78 bits per heavy atom. The van der Waals surface area contributed by atoms with Crippen molar-refractivity contribution < 1.29 is 4.79 Å². The first-order chi connectivity index (χ1) is 11.2. The second kappa shape index (κ2) is 7.57. The number of hydrogen-bond donors (Lipinski definition) is 1. The molecule has 1 fully saturated rings. The molecule has 0 spiro atoms. The lowest BCUT2D eigenvalue weighted by molar-refractivity contribution is 0.0718. The average molecular weight is 330 g/mol. The molecule has 0 aliphatic carbocycles. The van der Waals surface area contributed by atoms with Gasteiger partial charge in [0.05, 0.1) is 0 Å². The number of aromatic nitrogens is 1. The highest BCUT2D eigenvalue weighted by molar-refractivity contribution is 6.30. The van der Waals surface area contributed by atoms with Crippen molar-refractivity contribution in [2.75, 3.05) is 19.6 Å². The third kappa shape index (κ3) is 4.30. The largest absolute Gasteiger partial charge is 0.334 e. The molecule has 5 heteroatoms. The number of hydrogen-bond acceptors (Lipinski definition) is 3. The molecule has 120 valence electrons. The molecular weight excluding hydrogens is 310 g/mol. The Kier molecular flexibility index (Phi) is 5.26. The van der Waals surface area contributed by atoms with Crippen LogP contribution in [0.25, 0.3) is 0 Å². The molecule has 3 rings (SSSR count). The molecular formula is C18H20ClN3O. The summed E-state index contributed by atoms with van der Waals surface area (Å²) >= 11 is 5.92. The first kappa shape index (κ1) is 16.0. The van der Waals surface area contributed by atoms with Gasteiger partial charge in [0.2, 0.25) is 0 Å². The molecule has 1 aromatic carbocycles. The highest BCUT2D eigenvalue weighted by Crippen LogP contribution is 2.17. The molecule has 0 unspecified atom stereocenters. The summed E-state index contributed by atoms with van der Waals surface area (Å²) in [6.07, 6.45) is 4.67. The van der Waals surface area contributed by atoms with E-state index in [9.17, 15) is 4.79 Å². The number of rotatable bonds is 5. The lowest BCUT2D eigenvalue weighted by atomic mass is 10.1. The predicted molar refractivity (Wildman–Crippen MR) is 91.4 cm³/mol. The molecule has 0 radical (unpaired) electrons. The van der Waals surface area contributed by atoms with Crippen LogP contribution in [0.4, 0.5) is 0 Å². The first-order valence-corrected chi connectivity index (χ1v) is 8.24. The first-order valence-electron chi connectivity index (χ1n) is 7.87. The number of nitrogens with one attached hydrogen (secondary N) is 1. The summed E-state index contributed by atoms with van der Waals surface area (Å²) in [7, 11) is 0. The van der Waals surface area contributed by atoms with Crippen LogP contribution in [-0.2, 0) is 6.54 Å². The smallest absolute Gasteiger partial charge is 0.254 e. The standard InChI is InChI=1S/C18H20ClN3O/c19-17-5-3-16(4-6-17)18(23)22(13-15-7-9-21-11-15)12-14-2-1-8-20-10-14/h1-6,8,10,15,21H,7,9,11-13H2/t15-/m0/s1. The van der Waals surface area contributed by atoms with Crippen LogP contribution >= 0.6 is 11.6 Å². The van der Waals surface area contributed by atoms with E-state index in [1.807, 2.05) is 23.2 Å². The van der Waals surface area contributed by atoms with Crippen molar-refractivity contribution in [3.05, 3.63) is 64.9 Å². The molecule has 1 aromatic heterocycles. The van der Waals surface area contributed by atoms with Crippen LogP contribution in [0, 0.1) is 5.92 Å². The van der Waals surface area contributed by atoms with Crippen molar-refractivity contribution in [2.45, 2.75) is 13.0 Å². The SMILES string of the molecule is O=C(c1ccc(Cl)cc1)N(Cc1cccnc1)C[C@H]1CCNC1. The fourth-order valence-electron chi connectivity index (χ4n) is 2.89. The van der Waals surface area contributed by atoms with Gasteiger partial charge in [-0.15, -0.1) is 0 Å². The minimum absolute atomic E-state index is 0.0393. The molecule has 4 nitrogen and oxygen atoms in total. The maximum Gasteiger partial charge on any atom is 0.254 e. The van der Waals surface area contributed by atoms with E-state index >= 15 is 0 Å². The maximum absolute atomic E-state index is 12.9. The Balaban J connectivity index is 1.78. The summed E-state index contributed by atoms with van der Waals surface area (Å²) in [5.41, 5.74) is 1.71. The van der Waals surface area contributed by atoms with Crippen molar-refractivity contribution in [3.63, 3.8) is 0 Å². The minimum atomic E-state index is 0.0393. The molecule has 1 atom stereocenters. The zero-order valence-corrected chi connectivity index (χ0v) is 13.7. The Morgan fingerprint density at radius 1 is 1.30 bits per heavy atom. The highest BCUT2D eigenvalue weighted by Gasteiger charge is 2.23. The van der Waals surface area contributed by atoms with Crippen molar-refractivity contribution >= 4 is 17.5 Å². The van der Waals surface area contributed by atoms with Gasteiger partial charge in [-0.25, -0.2) is 0 Å². The number of nitrogens with zero attached hydrogens (tertiary/aromatic N) is 2. The third-order valence-corrected chi connectivity index (χ3v) is 4.37. The van der Waals surface area contributed by atoms with E-state index in [-0.39, 0.29) is 5.91 Å². The Labute approximate surface area is 141 Å². The number of carbonyl (C=O) groups is 1. The normalized spacial score (nSPS) is 17.2. The average Bonchev–Trinajstić information content (AvgIpc) is 3.08. The van der Waals surface area contributed by atoms with Gasteiger partial charge >= 0.3 is 0 Å². The van der Waals surface area contributed by atoms with E-state index in [0.717, 1.165) is 31.6 Å². The van der Waals surface area contributed by atoms with Crippen molar-refractivity contribution in [3.8, 4) is 0 Å². The Morgan fingerprint density at radius 2 is 2.13 bits per heavy atom. The third-order valence-electron chi connectivity index (χ3n) is 4.12. The minimum Gasteiger partial charge on any atom is -0.334 e. The number of halogens is 1. The van der Waals surface area contributed by atoms with Gasteiger partial charge in [0.1, 0.15) is 0 Å². The number of amides is 1. The molecule has 2 aromatic rings. The van der Waals surface area contributed by atoms with Crippen molar-refractivity contribution in [1.82, 2.24) is 15.2 Å². The Bertz CT molecular complexity index is 639. The molecule has 0 bridgehead atoms. The van der Waals surface area contributed by atoms with Crippen LogP contribution in [0.3, 0.4) is 0 Å². The van der Waals surface area contributed by atoms with Crippen LogP contribution in [0.15, 0.2) is 48.8 Å². The molecule has 1 amide bonds. The summed E-state index contributed by atoms with van der Waals surface area (Å²) in [5, 5.41) is 4.00. The zero-order valence-electron chi connectivity index (χ0n) is 12.9. The summed E-state index contributed by atoms with van der Waals surface area (Å²) in [6, 6.07) is 11.0. The van der Waals surface area contributed by atoms with Crippen molar-refractivity contribution in [1.29, 1.82) is 0 Å². The van der Waals surface area contributed by atoms with Gasteiger partial charge in [-0.05, 0) is 61.3 Å². The number of benzene rings is 1. The fraction of sp³-hybridized carbons (Fsp3) is 0.333. The van der Waals surface area contributed by atoms with Gasteiger partial charge in [-0.2, -0.15) is 0 Å². The van der Waals surface area contributed by atoms with E-state index < -0.39 is 0 Å². The highest BCUT2D eigenvalue weighted by atomic mass is 35.5. The zero-order chi connectivity index (χ0) is 16.1. The second-order valence-electron chi connectivity index (χ2n) is 5.91. The van der Waals surface area contributed by atoms with Gasteiger partial charge in [-0.3, -0.25) is 9.78 Å². The monoisotopic (exact) mass is 329 g/mol. The summed E-state index contributed by atoms with van der Waals surface area (Å²) < 4.78 is 0. The van der Waals surface area contributed by atoms with Crippen LogP contribution in [-0.4, -0.2) is 35.4 Å². The van der Waals surface area contributed by atoms with Gasteiger partial charge in [-0.1, -0.05) is 17.7 Å². The van der Waals surface area contributed by atoms with Gasteiger partial charge < -0.3 is 10.2 Å². The van der Waals surface area contributed by atoms with E-state index in [0.29, 0.717) is 23.0 Å². The van der Waals surface area contributed by atoms with Gasteiger partial charge in [0.25, 0.3) is 5.91 Å². The maximum atomic E-state index is 12.9. The van der Waals surface area contributed by atoms with Gasteiger partial charge in [0, 0.05) is 36.1 Å². The number of pyridine rings is 1. The lowest BCUT2D eigenvalue weighted by Gasteiger charge is -2.25. The molecule has 1 saturated heterocycles. The quantitative estimate of drug-likeness (QED) is 0.917. The summed E-state index contributed by atoms with van der Waals surface area (Å²) in [4.78, 5) is 19.0. The fourth-order valence-corrected chi connectivity index (χ4v) is 3.01. The molecule has 0 saturated carbocycles. The predicted octanol–water partition coefficient (Wildman–Crippen LogP) is 2.99. The van der Waals surface area contributed by atoms with E-state index in [2.05, 4.69) is 10.3 Å². The van der Waals surface area contributed by atoms with E-state index in [1.54, 1.807) is 30.5 Å². The van der Waals surface area contributed by atoms with Crippen LogP contribution in [0.5, 0.6) is 0 Å². The molecule has 1 aliphatic heterocycles. The topological polar surface area (TPSA) is 45.2 Å². The molecule has 23 heavy (non-hydrogen) atoms. The van der Waals surface area contributed by atoms with Crippen LogP contribution in [0.2, 0.25) is 5.02 Å².